The van der Waals surface area contributed by atoms with Gasteiger partial charge in [0.15, 0.2) is 0 Å². The van der Waals surface area contributed by atoms with Gasteiger partial charge in [-0.2, -0.15) is 0 Å². The van der Waals surface area contributed by atoms with Crippen LogP contribution in [0, 0.1) is 0 Å². The summed E-state index contributed by atoms with van der Waals surface area (Å²) < 4.78 is 0. The lowest BCUT2D eigenvalue weighted by Crippen LogP contribution is -2.13. The SMILES string of the molecule is Cl.NNc1ccc(C(=O)Nc2ccccn2)cc1. The number of hydrogen-bond acceptors (Lipinski definition) is 4. The predicted molar refractivity (Wildman–Crippen MR) is 73.7 cm³/mol. The second-order valence-electron chi connectivity index (χ2n) is 3.39. The standard InChI is InChI=1S/C12H12N4O.ClH/c13-16-10-6-4-9(5-7-10)12(17)15-11-3-1-2-8-14-11;/h1-8,16H,13H2,(H,14,15,17);1H. The highest BCUT2D eigenvalue weighted by Gasteiger charge is 2.05. The molecule has 5 nitrogen and oxygen atoms in total. The number of carbonyl (C=O) groups is 1. The summed E-state index contributed by atoms with van der Waals surface area (Å²) in [5, 5.41) is 2.69. The van der Waals surface area contributed by atoms with Crippen LogP contribution in [0.5, 0.6) is 0 Å². The van der Waals surface area contributed by atoms with Gasteiger partial charge in [0.25, 0.3) is 5.91 Å². The maximum atomic E-state index is 11.8. The number of carbonyl (C=O) groups excluding carboxylic acids is 1. The van der Waals surface area contributed by atoms with Gasteiger partial charge in [0.2, 0.25) is 0 Å². The third-order valence-electron chi connectivity index (χ3n) is 2.22. The first-order valence-electron chi connectivity index (χ1n) is 5.08. The Labute approximate surface area is 111 Å². The molecule has 0 aliphatic heterocycles. The molecule has 0 bridgehead atoms. The van der Waals surface area contributed by atoms with Crippen molar-refractivity contribution < 1.29 is 4.79 Å². The number of hydrazine groups is 1. The van der Waals surface area contributed by atoms with Crippen LogP contribution in [0.2, 0.25) is 0 Å². The van der Waals surface area contributed by atoms with E-state index in [4.69, 9.17) is 5.84 Å². The molecule has 6 heteroatoms. The van der Waals surface area contributed by atoms with Crippen LogP contribution in [-0.2, 0) is 0 Å². The van der Waals surface area contributed by atoms with Crippen molar-refractivity contribution in [2.75, 3.05) is 10.7 Å². The zero-order chi connectivity index (χ0) is 12.1. The number of benzene rings is 1. The summed E-state index contributed by atoms with van der Waals surface area (Å²) in [6.45, 7) is 0. The van der Waals surface area contributed by atoms with Crippen LogP contribution in [-0.4, -0.2) is 10.9 Å². The number of hydrogen-bond donors (Lipinski definition) is 3. The number of pyridine rings is 1. The number of anilines is 2. The zero-order valence-electron chi connectivity index (χ0n) is 9.46. The van der Waals surface area contributed by atoms with Crippen LogP contribution in [0.4, 0.5) is 11.5 Å². The van der Waals surface area contributed by atoms with E-state index < -0.39 is 0 Å². The fraction of sp³-hybridized carbons (Fsp3) is 0. The van der Waals surface area contributed by atoms with Crippen molar-refractivity contribution >= 4 is 29.8 Å². The third-order valence-corrected chi connectivity index (χ3v) is 2.22. The lowest BCUT2D eigenvalue weighted by atomic mass is 10.2. The molecule has 0 spiro atoms. The van der Waals surface area contributed by atoms with Crippen molar-refractivity contribution in [3.05, 3.63) is 54.2 Å². The Balaban J connectivity index is 0.00000162. The minimum absolute atomic E-state index is 0. The van der Waals surface area contributed by atoms with Crippen molar-refractivity contribution in [2.45, 2.75) is 0 Å². The molecule has 94 valence electrons. The van der Waals surface area contributed by atoms with E-state index >= 15 is 0 Å². The van der Waals surface area contributed by atoms with E-state index in [1.807, 2.05) is 6.07 Å². The molecule has 4 N–H and O–H groups in total. The third kappa shape index (κ3) is 3.44. The highest BCUT2D eigenvalue weighted by molar-refractivity contribution is 6.03. The lowest BCUT2D eigenvalue weighted by Gasteiger charge is -2.05. The van der Waals surface area contributed by atoms with Crippen LogP contribution in [0.25, 0.3) is 0 Å². The Morgan fingerprint density at radius 1 is 1.11 bits per heavy atom. The van der Waals surface area contributed by atoms with Crippen LogP contribution in [0.3, 0.4) is 0 Å². The van der Waals surface area contributed by atoms with Crippen LogP contribution in [0.15, 0.2) is 48.7 Å². The summed E-state index contributed by atoms with van der Waals surface area (Å²) in [5.41, 5.74) is 3.80. The van der Waals surface area contributed by atoms with Crippen molar-refractivity contribution in [3.63, 3.8) is 0 Å². The molecular formula is C12H13ClN4O. The molecule has 2 rings (SSSR count). The Hall–Kier alpha value is -2.11. The van der Waals surface area contributed by atoms with E-state index in [2.05, 4.69) is 15.7 Å². The topological polar surface area (TPSA) is 80.0 Å². The summed E-state index contributed by atoms with van der Waals surface area (Å²) in [4.78, 5) is 15.8. The number of halogens is 1. The van der Waals surface area contributed by atoms with Gasteiger partial charge < -0.3 is 10.7 Å². The lowest BCUT2D eigenvalue weighted by molar-refractivity contribution is 0.102. The van der Waals surface area contributed by atoms with Gasteiger partial charge in [-0.1, -0.05) is 6.07 Å². The van der Waals surface area contributed by atoms with Gasteiger partial charge in [-0.3, -0.25) is 10.6 Å². The molecule has 0 atom stereocenters. The van der Waals surface area contributed by atoms with E-state index in [1.165, 1.54) is 0 Å². The normalized spacial score (nSPS) is 9.17. The second-order valence-corrected chi connectivity index (χ2v) is 3.39. The Morgan fingerprint density at radius 3 is 2.39 bits per heavy atom. The monoisotopic (exact) mass is 264 g/mol. The Kier molecular flexibility index (Phi) is 5.10. The van der Waals surface area contributed by atoms with E-state index in [1.54, 1.807) is 42.6 Å². The van der Waals surface area contributed by atoms with Gasteiger partial charge >= 0.3 is 0 Å². The van der Waals surface area contributed by atoms with Crippen LogP contribution >= 0.6 is 12.4 Å². The number of nitrogens with two attached hydrogens (primary N) is 1. The minimum atomic E-state index is -0.202. The van der Waals surface area contributed by atoms with Crippen molar-refractivity contribution in [3.8, 4) is 0 Å². The quantitative estimate of drug-likeness (QED) is 0.585. The average Bonchev–Trinajstić information content (AvgIpc) is 2.40. The molecule has 1 aromatic heterocycles. The summed E-state index contributed by atoms with van der Waals surface area (Å²) in [6.07, 6.45) is 1.62. The predicted octanol–water partition coefficient (Wildman–Crippen LogP) is 2.04. The maximum Gasteiger partial charge on any atom is 0.256 e. The molecule has 1 amide bonds. The largest absolute Gasteiger partial charge is 0.324 e. The highest BCUT2D eigenvalue weighted by Crippen LogP contribution is 2.10. The summed E-state index contributed by atoms with van der Waals surface area (Å²) >= 11 is 0. The van der Waals surface area contributed by atoms with Gasteiger partial charge in [-0.05, 0) is 36.4 Å². The van der Waals surface area contributed by atoms with Gasteiger partial charge in [-0.25, -0.2) is 4.98 Å². The molecule has 18 heavy (non-hydrogen) atoms. The molecule has 0 saturated heterocycles. The van der Waals surface area contributed by atoms with E-state index in [-0.39, 0.29) is 18.3 Å². The molecule has 0 aliphatic carbocycles. The fourth-order valence-electron chi connectivity index (χ4n) is 1.34. The smallest absolute Gasteiger partial charge is 0.256 e. The van der Waals surface area contributed by atoms with E-state index in [9.17, 15) is 4.79 Å². The number of nitrogen functional groups attached to an aromatic ring is 1. The van der Waals surface area contributed by atoms with Gasteiger partial charge in [0, 0.05) is 17.4 Å². The zero-order valence-corrected chi connectivity index (χ0v) is 10.3. The second kappa shape index (κ2) is 6.58. The molecule has 1 heterocycles. The van der Waals surface area contributed by atoms with E-state index in [0.717, 1.165) is 5.69 Å². The minimum Gasteiger partial charge on any atom is -0.324 e. The summed E-state index contributed by atoms with van der Waals surface area (Å²) in [6, 6.07) is 12.2. The van der Waals surface area contributed by atoms with Crippen molar-refractivity contribution in [1.82, 2.24) is 4.98 Å². The van der Waals surface area contributed by atoms with Gasteiger partial charge in [0.05, 0.1) is 0 Å². The molecule has 1 aromatic carbocycles. The number of nitrogens with zero attached hydrogens (tertiary/aromatic N) is 1. The molecule has 0 aliphatic rings. The number of rotatable bonds is 3. The Morgan fingerprint density at radius 2 is 1.83 bits per heavy atom. The van der Waals surface area contributed by atoms with Crippen molar-refractivity contribution in [2.24, 2.45) is 5.84 Å². The molecular weight excluding hydrogens is 252 g/mol. The number of amides is 1. The van der Waals surface area contributed by atoms with Crippen molar-refractivity contribution in [1.29, 1.82) is 0 Å². The maximum absolute atomic E-state index is 11.8. The first-order valence-corrected chi connectivity index (χ1v) is 5.08. The number of nitrogens with one attached hydrogen (secondary N) is 2. The molecule has 2 aromatic rings. The highest BCUT2D eigenvalue weighted by atomic mass is 35.5. The summed E-state index contributed by atoms with van der Waals surface area (Å²) in [5.74, 6) is 5.56. The molecule has 0 fully saturated rings. The molecule has 0 unspecified atom stereocenters. The first kappa shape index (κ1) is 14.0. The average molecular weight is 265 g/mol. The van der Waals surface area contributed by atoms with E-state index in [0.29, 0.717) is 11.4 Å². The first-order chi connectivity index (χ1) is 8.29. The fourth-order valence-corrected chi connectivity index (χ4v) is 1.34. The van der Waals surface area contributed by atoms with Crippen LogP contribution in [0.1, 0.15) is 10.4 Å². The Bertz CT molecular complexity index is 501. The van der Waals surface area contributed by atoms with Gasteiger partial charge in [0.1, 0.15) is 5.82 Å². The van der Waals surface area contributed by atoms with Gasteiger partial charge in [-0.15, -0.1) is 12.4 Å². The summed E-state index contributed by atoms with van der Waals surface area (Å²) in [7, 11) is 0. The molecule has 0 saturated carbocycles. The molecule has 0 radical (unpaired) electrons. The van der Waals surface area contributed by atoms with Crippen LogP contribution < -0.4 is 16.6 Å². The number of aromatic nitrogens is 1.